The van der Waals surface area contributed by atoms with E-state index >= 15 is 0 Å². The molecule has 0 saturated heterocycles. The molecule has 0 aliphatic heterocycles. The van der Waals surface area contributed by atoms with Gasteiger partial charge in [0, 0.05) is 13.3 Å². The highest BCUT2D eigenvalue weighted by Crippen LogP contribution is 2.08. The quantitative estimate of drug-likeness (QED) is 0.809. The number of oxazole rings is 1. The van der Waals surface area contributed by atoms with Crippen LogP contribution in [0.1, 0.15) is 43.5 Å². The molecule has 1 aromatic heterocycles. The summed E-state index contributed by atoms with van der Waals surface area (Å²) >= 11 is 0. The van der Waals surface area contributed by atoms with Gasteiger partial charge in [0.15, 0.2) is 5.89 Å². The molecule has 0 aromatic carbocycles. The number of carbonyl (C=O) groups excluding carboxylic acids is 1. The van der Waals surface area contributed by atoms with Crippen molar-refractivity contribution < 1.29 is 9.21 Å². The molecule has 1 N–H and O–H groups in total. The van der Waals surface area contributed by atoms with Gasteiger partial charge in [0.05, 0.1) is 12.2 Å². The largest absolute Gasteiger partial charge is 0.444 e. The highest BCUT2D eigenvalue weighted by atomic mass is 16.4. The second-order valence-corrected chi connectivity index (χ2v) is 3.62. The van der Waals surface area contributed by atoms with Crippen molar-refractivity contribution in [2.45, 2.75) is 46.6 Å². The van der Waals surface area contributed by atoms with Crippen molar-refractivity contribution in [2.24, 2.45) is 0 Å². The topological polar surface area (TPSA) is 55.1 Å². The minimum absolute atomic E-state index is 0.0744. The van der Waals surface area contributed by atoms with Crippen LogP contribution in [0.15, 0.2) is 4.42 Å². The second-order valence-electron chi connectivity index (χ2n) is 3.62. The van der Waals surface area contributed by atoms with Crippen molar-refractivity contribution in [1.29, 1.82) is 0 Å². The maximum Gasteiger partial charge on any atom is 0.220 e. The van der Waals surface area contributed by atoms with Crippen LogP contribution >= 0.6 is 0 Å². The predicted molar refractivity (Wildman–Crippen MR) is 57.3 cm³/mol. The lowest BCUT2D eigenvalue weighted by Gasteiger charge is -2.02. The third-order valence-corrected chi connectivity index (χ3v) is 2.20. The Morgan fingerprint density at radius 1 is 1.47 bits per heavy atom. The van der Waals surface area contributed by atoms with Crippen molar-refractivity contribution in [2.75, 3.05) is 0 Å². The summed E-state index contributed by atoms with van der Waals surface area (Å²) in [5, 5.41) is 2.82. The molecule has 0 radical (unpaired) electrons. The molecule has 0 spiro atoms. The fourth-order valence-corrected chi connectivity index (χ4v) is 1.34. The summed E-state index contributed by atoms with van der Waals surface area (Å²) in [6, 6.07) is 0. The number of aromatic nitrogens is 1. The predicted octanol–water partition coefficient (Wildman–Crippen LogP) is 2.10. The highest BCUT2D eigenvalue weighted by molar-refractivity contribution is 5.75. The first-order chi connectivity index (χ1) is 7.13. The van der Waals surface area contributed by atoms with Gasteiger partial charge in [-0.05, 0) is 13.3 Å². The number of nitrogens with one attached hydrogen (secondary N) is 1. The SMILES string of the molecule is CCCCC(=O)NCc1oc(C)nc1C. The van der Waals surface area contributed by atoms with E-state index in [1.54, 1.807) is 6.92 Å². The third-order valence-electron chi connectivity index (χ3n) is 2.20. The van der Waals surface area contributed by atoms with Gasteiger partial charge in [-0.2, -0.15) is 0 Å². The van der Waals surface area contributed by atoms with E-state index in [0.29, 0.717) is 18.9 Å². The number of nitrogens with zero attached hydrogens (tertiary/aromatic N) is 1. The zero-order chi connectivity index (χ0) is 11.3. The molecule has 1 rings (SSSR count). The van der Waals surface area contributed by atoms with E-state index in [4.69, 9.17) is 4.42 Å². The van der Waals surface area contributed by atoms with Crippen molar-refractivity contribution in [3.8, 4) is 0 Å². The number of amides is 1. The van der Waals surface area contributed by atoms with Gasteiger partial charge in [-0.3, -0.25) is 4.79 Å². The first-order valence-electron chi connectivity index (χ1n) is 5.33. The lowest BCUT2D eigenvalue weighted by molar-refractivity contribution is -0.121. The zero-order valence-electron chi connectivity index (χ0n) is 9.59. The molecule has 0 saturated carbocycles. The van der Waals surface area contributed by atoms with Crippen molar-refractivity contribution in [3.63, 3.8) is 0 Å². The van der Waals surface area contributed by atoms with Crippen molar-refractivity contribution >= 4 is 5.91 Å². The van der Waals surface area contributed by atoms with Gasteiger partial charge in [-0.25, -0.2) is 4.98 Å². The number of hydrogen-bond donors (Lipinski definition) is 1. The van der Waals surface area contributed by atoms with E-state index < -0.39 is 0 Å². The van der Waals surface area contributed by atoms with Crippen LogP contribution in [-0.4, -0.2) is 10.9 Å². The van der Waals surface area contributed by atoms with Crippen LogP contribution in [0, 0.1) is 13.8 Å². The summed E-state index contributed by atoms with van der Waals surface area (Å²) in [4.78, 5) is 15.5. The van der Waals surface area contributed by atoms with E-state index in [0.717, 1.165) is 24.3 Å². The Balaban J connectivity index is 2.36. The van der Waals surface area contributed by atoms with Gasteiger partial charge in [0.1, 0.15) is 5.76 Å². The number of rotatable bonds is 5. The van der Waals surface area contributed by atoms with Crippen LogP contribution in [0.25, 0.3) is 0 Å². The first kappa shape index (κ1) is 11.8. The van der Waals surface area contributed by atoms with E-state index in [1.807, 2.05) is 6.92 Å². The number of carbonyl (C=O) groups is 1. The van der Waals surface area contributed by atoms with Crippen LogP contribution in [0.5, 0.6) is 0 Å². The van der Waals surface area contributed by atoms with Crippen LogP contribution in [0.4, 0.5) is 0 Å². The Bertz CT molecular complexity index is 331. The fraction of sp³-hybridized carbons (Fsp3) is 0.636. The molecule has 0 aliphatic carbocycles. The minimum Gasteiger partial charge on any atom is -0.444 e. The Labute approximate surface area is 90.1 Å². The molecular formula is C11H18N2O2. The molecular weight excluding hydrogens is 192 g/mol. The van der Waals surface area contributed by atoms with E-state index in [9.17, 15) is 4.79 Å². The fourth-order valence-electron chi connectivity index (χ4n) is 1.34. The van der Waals surface area contributed by atoms with Gasteiger partial charge >= 0.3 is 0 Å². The number of aryl methyl sites for hydroxylation is 2. The highest BCUT2D eigenvalue weighted by Gasteiger charge is 2.07. The molecule has 1 amide bonds. The Morgan fingerprint density at radius 3 is 2.73 bits per heavy atom. The summed E-state index contributed by atoms with van der Waals surface area (Å²) in [5.41, 5.74) is 0.850. The molecule has 0 aliphatic rings. The van der Waals surface area contributed by atoms with Crippen molar-refractivity contribution in [3.05, 3.63) is 17.3 Å². The van der Waals surface area contributed by atoms with Crippen LogP contribution in [0.2, 0.25) is 0 Å². The second kappa shape index (κ2) is 5.53. The standard InChI is InChI=1S/C11H18N2O2/c1-4-5-6-11(14)12-7-10-8(2)13-9(3)15-10/h4-7H2,1-3H3,(H,12,14). The number of unbranched alkanes of at least 4 members (excludes halogenated alkanes) is 1. The molecule has 1 aromatic rings. The molecule has 84 valence electrons. The Hall–Kier alpha value is -1.32. The van der Waals surface area contributed by atoms with E-state index in [2.05, 4.69) is 17.2 Å². The van der Waals surface area contributed by atoms with E-state index in [-0.39, 0.29) is 5.91 Å². The summed E-state index contributed by atoms with van der Waals surface area (Å²) in [6.07, 6.45) is 2.55. The van der Waals surface area contributed by atoms with Crippen LogP contribution in [-0.2, 0) is 11.3 Å². The average molecular weight is 210 g/mol. The molecule has 0 fully saturated rings. The molecule has 4 heteroatoms. The van der Waals surface area contributed by atoms with Crippen molar-refractivity contribution in [1.82, 2.24) is 10.3 Å². The maximum atomic E-state index is 11.3. The maximum absolute atomic E-state index is 11.3. The minimum atomic E-state index is 0.0744. The smallest absolute Gasteiger partial charge is 0.220 e. The Kier molecular flexibility index (Phi) is 4.34. The van der Waals surface area contributed by atoms with Gasteiger partial charge in [0.2, 0.25) is 5.91 Å². The Morgan fingerprint density at radius 2 is 2.20 bits per heavy atom. The lowest BCUT2D eigenvalue weighted by Crippen LogP contribution is -2.22. The van der Waals surface area contributed by atoms with Gasteiger partial charge in [-0.15, -0.1) is 0 Å². The van der Waals surface area contributed by atoms with Gasteiger partial charge < -0.3 is 9.73 Å². The summed E-state index contributed by atoms with van der Waals surface area (Å²) in [7, 11) is 0. The van der Waals surface area contributed by atoms with Crippen LogP contribution in [0.3, 0.4) is 0 Å². The lowest BCUT2D eigenvalue weighted by atomic mass is 10.2. The van der Waals surface area contributed by atoms with Crippen LogP contribution < -0.4 is 5.32 Å². The first-order valence-corrected chi connectivity index (χ1v) is 5.33. The molecule has 4 nitrogen and oxygen atoms in total. The monoisotopic (exact) mass is 210 g/mol. The zero-order valence-corrected chi connectivity index (χ0v) is 9.59. The summed E-state index contributed by atoms with van der Waals surface area (Å²) < 4.78 is 5.34. The summed E-state index contributed by atoms with van der Waals surface area (Å²) in [6.45, 7) is 6.19. The molecule has 15 heavy (non-hydrogen) atoms. The molecule has 0 atom stereocenters. The normalized spacial score (nSPS) is 10.3. The molecule has 0 unspecified atom stereocenters. The average Bonchev–Trinajstić information content (AvgIpc) is 2.51. The molecule has 1 heterocycles. The molecule has 0 bridgehead atoms. The summed E-state index contributed by atoms with van der Waals surface area (Å²) in [5.74, 6) is 1.47. The van der Waals surface area contributed by atoms with Gasteiger partial charge in [-0.1, -0.05) is 13.3 Å². The number of hydrogen-bond acceptors (Lipinski definition) is 3. The van der Waals surface area contributed by atoms with E-state index in [1.165, 1.54) is 0 Å². The van der Waals surface area contributed by atoms with Gasteiger partial charge in [0.25, 0.3) is 0 Å². The third kappa shape index (κ3) is 3.73.